The standard InChI is InChI=1S/C15H28N2O4/c1-15(2,3)14(20)17-7-5-6-12(17)13(19)16(8-10-18)9-11-21-4/h12,18H,5-11H2,1-4H3. The van der Waals surface area contributed by atoms with E-state index >= 15 is 0 Å². The van der Waals surface area contributed by atoms with Crippen LogP contribution in [0.2, 0.25) is 0 Å². The zero-order valence-corrected chi connectivity index (χ0v) is 13.6. The number of hydrogen-bond acceptors (Lipinski definition) is 4. The van der Waals surface area contributed by atoms with Gasteiger partial charge in [0, 0.05) is 32.2 Å². The number of carbonyl (C=O) groups is 2. The van der Waals surface area contributed by atoms with Crippen molar-refractivity contribution in [3.63, 3.8) is 0 Å². The predicted molar refractivity (Wildman–Crippen MR) is 79.7 cm³/mol. The quantitative estimate of drug-likeness (QED) is 0.775. The van der Waals surface area contributed by atoms with Crippen LogP contribution in [0.1, 0.15) is 33.6 Å². The van der Waals surface area contributed by atoms with Crippen molar-refractivity contribution in [1.29, 1.82) is 0 Å². The van der Waals surface area contributed by atoms with Crippen molar-refractivity contribution in [2.45, 2.75) is 39.7 Å². The molecular formula is C15H28N2O4. The van der Waals surface area contributed by atoms with Crippen molar-refractivity contribution in [2.75, 3.05) is 40.0 Å². The average molecular weight is 300 g/mol. The minimum atomic E-state index is -0.489. The fraction of sp³-hybridized carbons (Fsp3) is 0.867. The van der Waals surface area contributed by atoms with Crippen molar-refractivity contribution in [3.8, 4) is 0 Å². The Hall–Kier alpha value is -1.14. The molecule has 0 spiro atoms. The van der Waals surface area contributed by atoms with E-state index in [1.807, 2.05) is 20.8 Å². The summed E-state index contributed by atoms with van der Waals surface area (Å²) in [5.41, 5.74) is -0.489. The van der Waals surface area contributed by atoms with Gasteiger partial charge in [-0.3, -0.25) is 9.59 Å². The SMILES string of the molecule is COCCN(CCO)C(=O)C1CCCN1C(=O)C(C)(C)C. The number of carbonyl (C=O) groups excluding carboxylic acids is 2. The maximum Gasteiger partial charge on any atom is 0.245 e. The van der Waals surface area contributed by atoms with E-state index in [2.05, 4.69) is 0 Å². The lowest BCUT2D eigenvalue weighted by atomic mass is 9.94. The van der Waals surface area contributed by atoms with Crippen LogP contribution < -0.4 is 0 Å². The molecule has 1 atom stereocenters. The molecule has 6 heteroatoms. The number of rotatable bonds is 6. The molecule has 1 aliphatic heterocycles. The molecule has 122 valence electrons. The molecule has 21 heavy (non-hydrogen) atoms. The first-order valence-corrected chi connectivity index (χ1v) is 7.52. The van der Waals surface area contributed by atoms with Gasteiger partial charge in [0.1, 0.15) is 6.04 Å². The van der Waals surface area contributed by atoms with E-state index in [9.17, 15) is 9.59 Å². The zero-order chi connectivity index (χ0) is 16.0. The topological polar surface area (TPSA) is 70.1 Å². The van der Waals surface area contributed by atoms with Crippen LogP contribution in [0.5, 0.6) is 0 Å². The number of hydrogen-bond donors (Lipinski definition) is 1. The Balaban J connectivity index is 2.80. The highest BCUT2D eigenvalue weighted by Gasteiger charge is 2.39. The van der Waals surface area contributed by atoms with E-state index in [1.165, 1.54) is 0 Å². The predicted octanol–water partition coefficient (Wildman–Crippen LogP) is 0.491. The van der Waals surface area contributed by atoms with E-state index in [4.69, 9.17) is 9.84 Å². The maximum absolute atomic E-state index is 12.6. The number of aliphatic hydroxyl groups excluding tert-OH is 1. The summed E-state index contributed by atoms with van der Waals surface area (Å²) >= 11 is 0. The van der Waals surface area contributed by atoms with Gasteiger partial charge in [-0.15, -0.1) is 0 Å². The molecule has 1 aliphatic rings. The first-order valence-electron chi connectivity index (χ1n) is 7.52. The van der Waals surface area contributed by atoms with Gasteiger partial charge >= 0.3 is 0 Å². The molecule has 6 nitrogen and oxygen atoms in total. The lowest BCUT2D eigenvalue weighted by molar-refractivity contribution is -0.148. The molecule has 2 amide bonds. The van der Waals surface area contributed by atoms with Crippen molar-refractivity contribution in [2.24, 2.45) is 5.41 Å². The summed E-state index contributed by atoms with van der Waals surface area (Å²) in [4.78, 5) is 28.4. The lowest BCUT2D eigenvalue weighted by Crippen LogP contribution is -2.51. The molecule has 1 unspecified atom stereocenters. The van der Waals surface area contributed by atoms with Crippen molar-refractivity contribution in [3.05, 3.63) is 0 Å². The second kappa shape index (κ2) is 7.75. The Morgan fingerprint density at radius 3 is 2.52 bits per heavy atom. The van der Waals surface area contributed by atoms with Gasteiger partial charge in [0.2, 0.25) is 11.8 Å². The van der Waals surface area contributed by atoms with Gasteiger partial charge in [-0.25, -0.2) is 0 Å². The second-order valence-electron chi connectivity index (χ2n) is 6.45. The third-order valence-corrected chi connectivity index (χ3v) is 3.69. The van der Waals surface area contributed by atoms with E-state index in [-0.39, 0.29) is 25.0 Å². The number of amides is 2. The van der Waals surface area contributed by atoms with Crippen LogP contribution >= 0.6 is 0 Å². The summed E-state index contributed by atoms with van der Waals surface area (Å²) in [6.07, 6.45) is 1.53. The molecule has 0 aromatic rings. The molecule has 1 heterocycles. The van der Waals surface area contributed by atoms with Gasteiger partial charge in [0.15, 0.2) is 0 Å². The van der Waals surface area contributed by atoms with Crippen molar-refractivity contribution in [1.82, 2.24) is 9.80 Å². The highest BCUT2D eigenvalue weighted by molar-refractivity contribution is 5.90. The van der Waals surface area contributed by atoms with E-state index in [0.717, 1.165) is 6.42 Å². The number of aliphatic hydroxyl groups is 1. The summed E-state index contributed by atoms with van der Waals surface area (Å²) in [7, 11) is 1.58. The molecule has 0 bridgehead atoms. The zero-order valence-electron chi connectivity index (χ0n) is 13.6. The van der Waals surface area contributed by atoms with Crippen LogP contribution in [0.4, 0.5) is 0 Å². The Morgan fingerprint density at radius 1 is 1.33 bits per heavy atom. The molecular weight excluding hydrogens is 272 g/mol. The first-order chi connectivity index (χ1) is 9.82. The number of nitrogens with zero attached hydrogens (tertiary/aromatic N) is 2. The molecule has 1 fully saturated rings. The number of likely N-dealkylation sites (tertiary alicyclic amines) is 1. The summed E-state index contributed by atoms with van der Waals surface area (Å²) in [6, 6.07) is -0.403. The molecule has 0 radical (unpaired) electrons. The molecule has 1 saturated heterocycles. The molecule has 1 rings (SSSR count). The van der Waals surface area contributed by atoms with Gasteiger partial charge < -0.3 is 19.6 Å². The molecule has 0 saturated carbocycles. The van der Waals surface area contributed by atoms with E-state index < -0.39 is 11.5 Å². The van der Waals surface area contributed by atoms with Crippen LogP contribution in [0.15, 0.2) is 0 Å². The number of methoxy groups -OCH3 is 1. The Morgan fingerprint density at radius 2 is 2.00 bits per heavy atom. The van der Waals surface area contributed by atoms with Crippen LogP contribution in [0, 0.1) is 5.41 Å². The van der Waals surface area contributed by atoms with Gasteiger partial charge in [0.25, 0.3) is 0 Å². The summed E-state index contributed by atoms with van der Waals surface area (Å²) in [5.74, 6) is -0.0785. The smallest absolute Gasteiger partial charge is 0.245 e. The van der Waals surface area contributed by atoms with E-state index in [1.54, 1.807) is 16.9 Å². The van der Waals surface area contributed by atoms with Gasteiger partial charge in [-0.1, -0.05) is 20.8 Å². The minimum absolute atomic E-state index is 0.00837. The van der Waals surface area contributed by atoms with Crippen LogP contribution in [-0.2, 0) is 14.3 Å². The van der Waals surface area contributed by atoms with Gasteiger partial charge in [-0.05, 0) is 12.8 Å². The third-order valence-electron chi connectivity index (χ3n) is 3.69. The van der Waals surface area contributed by atoms with Crippen molar-refractivity contribution < 1.29 is 19.4 Å². The Bertz CT molecular complexity index is 365. The van der Waals surface area contributed by atoms with Crippen LogP contribution in [0.3, 0.4) is 0 Å². The number of ether oxygens (including phenoxy) is 1. The molecule has 0 aromatic carbocycles. The van der Waals surface area contributed by atoms with E-state index in [0.29, 0.717) is 26.1 Å². The van der Waals surface area contributed by atoms with Gasteiger partial charge in [-0.2, -0.15) is 0 Å². The largest absolute Gasteiger partial charge is 0.395 e. The Kier molecular flexibility index (Phi) is 6.61. The van der Waals surface area contributed by atoms with Crippen molar-refractivity contribution >= 4 is 11.8 Å². The second-order valence-corrected chi connectivity index (χ2v) is 6.45. The Labute approximate surface area is 127 Å². The summed E-state index contributed by atoms with van der Waals surface area (Å²) < 4.78 is 5.00. The fourth-order valence-corrected chi connectivity index (χ4v) is 2.56. The molecule has 0 aliphatic carbocycles. The molecule has 0 aromatic heterocycles. The maximum atomic E-state index is 12.6. The first kappa shape index (κ1) is 17.9. The highest BCUT2D eigenvalue weighted by Crippen LogP contribution is 2.26. The fourth-order valence-electron chi connectivity index (χ4n) is 2.56. The van der Waals surface area contributed by atoms with Crippen LogP contribution in [0.25, 0.3) is 0 Å². The summed E-state index contributed by atoms with van der Waals surface area (Å²) in [6.45, 7) is 7.27. The lowest BCUT2D eigenvalue weighted by Gasteiger charge is -2.33. The monoisotopic (exact) mass is 300 g/mol. The highest BCUT2D eigenvalue weighted by atomic mass is 16.5. The van der Waals surface area contributed by atoms with Gasteiger partial charge in [0.05, 0.1) is 13.2 Å². The van der Waals surface area contributed by atoms with Crippen LogP contribution in [-0.4, -0.2) is 72.7 Å². The normalized spacial score (nSPS) is 18.9. The summed E-state index contributed by atoms with van der Waals surface area (Å²) in [5, 5.41) is 9.12. The third kappa shape index (κ3) is 4.68. The average Bonchev–Trinajstić information content (AvgIpc) is 2.89. The minimum Gasteiger partial charge on any atom is -0.395 e. The molecule has 1 N–H and O–H groups in total.